The molecule has 0 bridgehead atoms. The first-order chi connectivity index (χ1) is 8.25. The van der Waals surface area contributed by atoms with Crippen LogP contribution in [0.3, 0.4) is 0 Å². The summed E-state index contributed by atoms with van der Waals surface area (Å²) in [6, 6.07) is 17.1. The molecule has 0 amide bonds. The molecule has 0 aliphatic rings. The van der Waals surface area contributed by atoms with Crippen molar-refractivity contribution < 1.29 is 4.79 Å². The molecular weight excluding hydrogens is 299 g/mol. The van der Waals surface area contributed by atoms with E-state index in [9.17, 15) is 4.79 Å². The van der Waals surface area contributed by atoms with Crippen LogP contribution in [0.25, 0.3) is 0 Å². The SMILES string of the molecule is O=C(C[Se]c1cccc(Cl)c1)c1ccccc1. The first kappa shape index (κ1) is 12.4. The molecule has 0 atom stereocenters. The topological polar surface area (TPSA) is 17.1 Å². The molecule has 0 N–H and O–H groups in total. The van der Waals surface area contributed by atoms with E-state index in [0.29, 0.717) is 5.32 Å². The fourth-order valence-corrected chi connectivity index (χ4v) is 3.53. The number of carbonyl (C=O) groups excluding carboxylic acids is 1. The number of hydrogen-bond donors (Lipinski definition) is 0. The summed E-state index contributed by atoms with van der Waals surface area (Å²) in [5, 5.41) is 1.31. The summed E-state index contributed by atoms with van der Waals surface area (Å²) in [5.41, 5.74) is 0.788. The van der Waals surface area contributed by atoms with Crippen LogP contribution < -0.4 is 4.46 Å². The van der Waals surface area contributed by atoms with Crippen LogP contribution in [0.2, 0.25) is 10.3 Å². The van der Waals surface area contributed by atoms with Gasteiger partial charge in [-0.25, -0.2) is 0 Å². The van der Waals surface area contributed by atoms with E-state index in [1.54, 1.807) is 0 Å². The van der Waals surface area contributed by atoms with Crippen molar-refractivity contribution in [1.29, 1.82) is 0 Å². The van der Waals surface area contributed by atoms with Crippen LogP contribution in [0.5, 0.6) is 0 Å². The number of benzene rings is 2. The molecule has 2 rings (SSSR count). The van der Waals surface area contributed by atoms with E-state index in [2.05, 4.69) is 0 Å². The van der Waals surface area contributed by atoms with E-state index < -0.39 is 0 Å². The third-order valence-electron chi connectivity index (χ3n) is 2.26. The number of hydrogen-bond acceptors (Lipinski definition) is 1. The molecule has 3 heteroatoms. The number of ketones is 1. The fourth-order valence-electron chi connectivity index (χ4n) is 1.41. The van der Waals surface area contributed by atoms with E-state index in [0.717, 1.165) is 15.0 Å². The molecule has 0 unspecified atom stereocenters. The average molecular weight is 310 g/mol. The second-order valence-electron chi connectivity index (χ2n) is 3.54. The molecule has 0 radical (unpaired) electrons. The molecule has 0 saturated heterocycles. The number of rotatable bonds is 4. The predicted molar refractivity (Wildman–Crippen MR) is 72.4 cm³/mol. The molecular formula is C14H11ClOSe. The normalized spacial score (nSPS) is 10.2. The molecule has 2 aromatic carbocycles. The Labute approximate surface area is 112 Å². The first-order valence-corrected chi connectivity index (χ1v) is 7.67. The zero-order chi connectivity index (χ0) is 12.1. The fraction of sp³-hybridized carbons (Fsp3) is 0.0714. The molecule has 0 fully saturated rings. The quantitative estimate of drug-likeness (QED) is 0.627. The van der Waals surface area contributed by atoms with Crippen molar-refractivity contribution in [3.63, 3.8) is 0 Å². The van der Waals surface area contributed by atoms with Crippen molar-refractivity contribution in [2.75, 3.05) is 0 Å². The Morgan fingerprint density at radius 2 is 1.82 bits per heavy atom. The number of carbonyl (C=O) groups is 1. The van der Waals surface area contributed by atoms with Gasteiger partial charge in [-0.2, -0.15) is 0 Å². The number of halogens is 1. The Morgan fingerprint density at radius 1 is 1.06 bits per heavy atom. The molecule has 86 valence electrons. The zero-order valence-electron chi connectivity index (χ0n) is 9.10. The summed E-state index contributed by atoms with van der Waals surface area (Å²) in [7, 11) is 0. The first-order valence-electron chi connectivity index (χ1n) is 5.22. The molecule has 0 aromatic heterocycles. The van der Waals surface area contributed by atoms with E-state index in [1.807, 2.05) is 54.6 Å². The van der Waals surface area contributed by atoms with Gasteiger partial charge < -0.3 is 0 Å². The van der Waals surface area contributed by atoms with E-state index in [1.165, 1.54) is 0 Å². The minimum atomic E-state index is 0.151. The zero-order valence-corrected chi connectivity index (χ0v) is 11.6. The van der Waals surface area contributed by atoms with Gasteiger partial charge in [0.05, 0.1) is 0 Å². The number of Topliss-reactive ketones (excluding diaryl/α,β-unsaturated/α-hetero) is 1. The van der Waals surface area contributed by atoms with Crippen molar-refractivity contribution in [1.82, 2.24) is 0 Å². The molecule has 0 heterocycles. The molecule has 0 aliphatic heterocycles. The summed E-state index contributed by atoms with van der Waals surface area (Å²) in [5.74, 6) is 0.200. The van der Waals surface area contributed by atoms with Crippen LogP contribution in [0.15, 0.2) is 54.6 Å². The van der Waals surface area contributed by atoms with Crippen LogP contribution in [-0.4, -0.2) is 20.7 Å². The van der Waals surface area contributed by atoms with Gasteiger partial charge >= 0.3 is 112 Å². The Morgan fingerprint density at radius 3 is 2.53 bits per heavy atom. The second-order valence-corrected chi connectivity index (χ2v) is 6.17. The minimum absolute atomic E-state index is 0.151. The Hall–Kier alpha value is -1.08. The van der Waals surface area contributed by atoms with E-state index >= 15 is 0 Å². The second kappa shape index (κ2) is 6.02. The van der Waals surface area contributed by atoms with Gasteiger partial charge in [0.25, 0.3) is 0 Å². The maximum absolute atomic E-state index is 11.9. The monoisotopic (exact) mass is 310 g/mol. The van der Waals surface area contributed by atoms with Gasteiger partial charge in [0.1, 0.15) is 0 Å². The Kier molecular flexibility index (Phi) is 4.38. The van der Waals surface area contributed by atoms with Gasteiger partial charge in [0.15, 0.2) is 0 Å². The van der Waals surface area contributed by atoms with Crippen molar-refractivity contribution in [3.8, 4) is 0 Å². The molecule has 0 spiro atoms. The van der Waals surface area contributed by atoms with Gasteiger partial charge in [-0.1, -0.05) is 0 Å². The van der Waals surface area contributed by atoms with Gasteiger partial charge in [0.2, 0.25) is 0 Å². The molecule has 2 aromatic rings. The van der Waals surface area contributed by atoms with Crippen molar-refractivity contribution in [3.05, 3.63) is 65.2 Å². The van der Waals surface area contributed by atoms with Crippen molar-refractivity contribution in [2.24, 2.45) is 0 Å². The van der Waals surface area contributed by atoms with Crippen LogP contribution >= 0.6 is 11.6 Å². The van der Waals surface area contributed by atoms with Crippen LogP contribution in [0.4, 0.5) is 0 Å². The molecule has 0 aliphatic carbocycles. The summed E-state index contributed by atoms with van der Waals surface area (Å²) in [6.07, 6.45) is 0. The summed E-state index contributed by atoms with van der Waals surface area (Å²) in [6.45, 7) is 0. The molecule has 0 saturated carbocycles. The van der Waals surface area contributed by atoms with Crippen LogP contribution in [-0.2, 0) is 0 Å². The average Bonchev–Trinajstić information content (AvgIpc) is 2.37. The third-order valence-corrected chi connectivity index (χ3v) is 4.58. The van der Waals surface area contributed by atoms with Crippen LogP contribution in [0, 0.1) is 0 Å². The predicted octanol–water partition coefficient (Wildman–Crippen LogP) is 2.97. The third kappa shape index (κ3) is 3.71. The van der Waals surface area contributed by atoms with Gasteiger partial charge in [-0.3, -0.25) is 0 Å². The van der Waals surface area contributed by atoms with Gasteiger partial charge in [-0.05, 0) is 0 Å². The summed E-state index contributed by atoms with van der Waals surface area (Å²) >= 11 is 6.05. The Bertz CT molecular complexity index is 511. The Balaban J connectivity index is 1.97. The van der Waals surface area contributed by atoms with Gasteiger partial charge in [-0.15, -0.1) is 0 Å². The molecule has 1 nitrogen and oxygen atoms in total. The summed E-state index contributed by atoms with van der Waals surface area (Å²) in [4.78, 5) is 11.9. The van der Waals surface area contributed by atoms with Crippen molar-refractivity contribution >= 4 is 36.8 Å². The maximum atomic E-state index is 11.9. The van der Waals surface area contributed by atoms with Gasteiger partial charge in [0, 0.05) is 0 Å². The van der Waals surface area contributed by atoms with Crippen LogP contribution in [0.1, 0.15) is 10.4 Å². The van der Waals surface area contributed by atoms with E-state index in [-0.39, 0.29) is 20.7 Å². The standard InChI is InChI=1S/C14H11ClOSe/c15-12-7-4-8-13(9-12)17-10-14(16)11-5-2-1-3-6-11/h1-9H,10H2. The molecule has 17 heavy (non-hydrogen) atoms. The summed E-state index contributed by atoms with van der Waals surface area (Å²) < 4.78 is 1.16. The van der Waals surface area contributed by atoms with Crippen molar-refractivity contribution in [2.45, 2.75) is 5.32 Å². The van der Waals surface area contributed by atoms with E-state index in [4.69, 9.17) is 11.6 Å².